The number of carbonyl (C=O) groups is 1. The number of hydrogen-bond acceptors (Lipinski definition) is 3. The van der Waals surface area contributed by atoms with E-state index in [2.05, 4.69) is 6.92 Å². The van der Waals surface area contributed by atoms with E-state index in [4.69, 9.17) is 10.5 Å². The van der Waals surface area contributed by atoms with Gasteiger partial charge in [0.15, 0.2) is 0 Å². The Morgan fingerprint density at radius 3 is 2.00 bits per heavy atom. The lowest BCUT2D eigenvalue weighted by atomic mass is 10.1. The zero-order valence-corrected chi connectivity index (χ0v) is 12.8. The third-order valence-corrected chi connectivity index (χ3v) is 3.35. The van der Waals surface area contributed by atoms with Crippen LogP contribution in [0.1, 0.15) is 84.0 Å². The first kappa shape index (κ1) is 18.4. The van der Waals surface area contributed by atoms with Crippen molar-refractivity contribution >= 4 is 5.97 Å². The molecule has 2 N–H and O–H groups in total. The van der Waals surface area contributed by atoms with Gasteiger partial charge in [-0.3, -0.25) is 4.79 Å². The number of carbonyl (C=O) groups excluding carboxylic acids is 1. The molecule has 0 amide bonds. The molecule has 0 aromatic carbocycles. The first-order chi connectivity index (χ1) is 9.31. The van der Waals surface area contributed by atoms with Gasteiger partial charge in [-0.1, -0.05) is 58.3 Å². The van der Waals surface area contributed by atoms with Crippen molar-refractivity contribution < 1.29 is 9.53 Å². The van der Waals surface area contributed by atoms with Crippen molar-refractivity contribution in [2.75, 3.05) is 13.2 Å². The van der Waals surface area contributed by atoms with E-state index in [0.29, 0.717) is 19.6 Å². The standard InChI is InChI=1S/C16H33NO2/c1-2-3-4-5-6-7-8-9-12-15-19-16(18)13-10-11-14-17/h2-15,17H2,1H3. The van der Waals surface area contributed by atoms with E-state index in [1.54, 1.807) is 0 Å². The molecular weight excluding hydrogens is 238 g/mol. The van der Waals surface area contributed by atoms with Crippen LogP contribution in [0.5, 0.6) is 0 Å². The van der Waals surface area contributed by atoms with Gasteiger partial charge < -0.3 is 10.5 Å². The van der Waals surface area contributed by atoms with Crippen LogP contribution in [0, 0.1) is 0 Å². The summed E-state index contributed by atoms with van der Waals surface area (Å²) in [4.78, 5) is 11.3. The van der Waals surface area contributed by atoms with Crippen LogP contribution in [0.4, 0.5) is 0 Å². The maximum Gasteiger partial charge on any atom is 0.305 e. The monoisotopic (exact) mass is 271 g/mol. The molecule has 0 fully saturated rings. The minimum atomic E-state index is -0.0620. The largest absolute Gasteiger partial charge is 0.466 e. The molecule has 0 radical (unpaired) electrons. The SMILES string of the molecule is CCCCCCCCCCCOC(=O)CCCCN. The average Bonchev–Trinajstić information content (AvgIpc) is 2.41. The normalized spacial score (nSPS) is 10.6. The second-order valence-electron chi connectivity index (χ2n) is 5.29. The molecule has 0 rings (SSSR count). The van der Waals surface area contributed by atoms with Gasteiger partial charge in [0, 0.05) is 6.42 Å². The third-order valence-electron chi connectivity index (χ3n) is 3.35. The van der Waals surface area contributed by atoms with Crippen LogP contribution in [-0.4, -0.2) is 19.1 Å². The molecule has 0 heterocycles. The fourth-order valence-electron chi connectivity index (χ4n) is 2.08. The van der Waals surface area contributed by atoms with Crippen LogP contribution < -0.4 is 5.73 Å². The molecule has 0 aliphatic carbocycles. The molecule has 19 heavy (non-hydrogen) atoms. The number of nitrogens with two attached hydrogens (primary N) is 1. The molecule has 0 atom stereocenters. The number of esters is 1. The second-order valence-corrected chi connectivity index (χ2v) is 5.29. The number of ether oxygens (including phenoxy) is 1. The lowest BCUT2D eigenvalue weighted by molar-refractivity contribution is -0.143. The summed E-state index contributed by atoms with van der Waals surface area (Å²) in [6.45, 7) is 3.50. The third kappa shape index (κ3) is 15.4. The fourth-order valence-corrected chi connectivity index (χ4v) is 2.08. The van der Waals surface area contributed by atoms with Crippen LogP contribution >= 0.6 is 0 Å². The molecule has 0 aliphatic heterocycles. The van der Waals surface area contributed by atoms with Crippen molar-refractivity contribution in [2.24, 2.45) is 5.73 Å². The molecule has 0 spiro atoms. The molecule has 0 unspecified atom stereocenters. The topological polar surface area (TPSA) is 52.3 Å². The summed E-state index contributed by atoms with van der Waals surface area (Å²) in [5.74, 6) is -0.0620. The predicted octanol–water partition coefficient (Wildman–Crippen LogP) is 4.19. The molecule has 3 heteroatoms. The van der Waals surface area contributed by atoms with Crippen molar-refractivity contribution in [3.63, 3.8) is 0 Å². The first-order valence-corrected chi connectivity index (χ1v) is 8.17. The Morgan fingerprint density at radius 2 is 1.42 bits per heavy atom. The zero-order valence-electron chi connectivity index (χ0n) is 12.8. The van der Waals surface area contributed by atoms with Gasteiger partial charge in [-0.15, -0.1) is 0 Å². The Kier molecular flexibility index (Phi) is 15.0. The van der Waals surface area contributed by atoms with Crippen LogP contribution in [0.3, 0.4) is 0 Å². The Balaban J connectivity index is 3.07. The number of rotatable bonds is 14. The van der Waals surface area contributed by atoms with Crippen LogP contribution in [0.2, 0.25) is 0 Å². The number of unbranched alkanes of at least 4 members (excludes halogenated alkanes) is 9. The minimum absolute atomic E-state index is 0.0620. The van der Waals surface area contributed by atoms with Gasteiger partial charge in [0.25, 0.3) is 0 Å². The lowest BCUT2D eigenvalue weighted by Crippen LogP contribution is -2.07. The summed E-state index contributed by atoms with van der Waals surface area (Å²) in [6, 6.07) is 0. The van der Waals surface area contributed by atoms with E-state index in [9.17, 15) is 4.79 Å². The molecule has 0 aromatic heterocycles. The quantitative estimate of drug-likeness (QED) is 0.381. The van der Waals surface area contributed by atoms with Gasteiger partial charge in [0.1, 0.15) is 0 Å². The van der Waals surface area contributed by atoms with Crippen LogP contribution in [0.25, 0.3) is 0 Å². The maximum atomic E-state index is 11.3. The van der Waals surface area contributed by atoms with Gasteiger partial charge in [-0.2, -0.15) is 0 Å². The summed E-state index contributed by atoms with van der Waals surface area (Å²) in [7, 11) is 0. The van der Waals surface area contributed by atoms with Crippen LogP contribution in [0.15, 0.2) is 0 Å². The first-order valence-electron chi connectivity index (χ1n) is 8.17. The van der Waals surface area contributed by atoms with Gasteiger partial charge in [-0.25, -0.2) is 0 Å². The Morgan fingerprint density at radius 1 is 0.842 bits per heavy atom. The Labute approximate surface area is 119 Å². The average molecular weight is 271 g/mol. The molecule has 0 bridgehead atoms. The molecule has 3 nitrogen and oxygen atoms in total. The summed E-state index contributed by atoms with van der Waals surface area (Å²) >= 11 is 0. The summed E-state index contributed by atoms with van der Waals surface area (Å²) in [5, 5.41) is 0. The molecule has 0 saturated carbocycles. The van der Waals surface area contributed by atoms with Crippen molar-refractivity contribution in [1.29, 1.82) is 0 Å². The maximum absolute atomic E-state index is 11.3. The van der Waals surface area contributed by atoms with Gasteiger partial charge >= 0.3 is 5.97 Å². The van der Waals surface area contributed by atoms with Crippen molar-refractivity contribution in [3.05, 3.63) is 0 Å². The Hall–Kier alpha value is -0.570. The summed E-state index contributed by atoms with van der Waals surface area (Å²) in [6.07, 6.45) is 13.9. The van der Waals surface area contributed by atoms with Gasteiger partial charge in [0.2, 0.25) is 0 Å². The second kappa shape index (κ2) is 15.5. The highest BCUT2D eigenvalue weighted by Gasteiger charge is 2.01. The predicted molar refractivity (Wildman–Crippen MR) is 81.1 cm³/mol. The minimum Gasteiger partial charge on any atom is -0.466 e. The van der Waals surface area contributed by atoms with Crippen molar-refractivity contribution in [3.8, 4) is 0 Å². The van der Waals surface area contributed by atoms with E-state index < -0.39 is 0 Å². The lowest BCUT2D eigenvalue weighted by Gasteiger charge is -2.05. The highest BCUT2D eigenvalue weighted by atomic mass is 16.5. The summed E-state index contributed by atoms with van der Waals surface area (Å²) < 4.78 is 5.17. The number of hydrogen-bond donors (Lipinski definition) is 1. The zero-order chi connectivity index (χ0) is 14.2. The fraction of sp³-hybridized carbons (Fsp3) is 0.938. The molecule has 0 saturated heterocycles. The van der Waals surface area contributed by atoms with E-state index in [1.165, 1.54) is 51.4 Å². The molecule has 0 aliphatic rings. The van der Waals surface area contributed by atoms with Crippen molar-refractivity contribution in [2.45, 2.75) is 84.0 Å². The van der Waals surface area contributed by atoms with E-state index in [1.807, 2.05) is 0 Å². The highest BCUT2D eigenvalue weighted by molar-refractivity contribution is 5.69. The molecule has 0 aromatic rings. The Bertz CT molecular complexity index is 195. The van der Waals surface area contributed by atoms with E-state index in [-0.39, 0.29) is 5.97 Å². The van der Waals surface area contributed by atoms with E-state index >= 15 is 0 Å². The molecular formula is C16H33NO2. The smallest absolute Gasteiger partial charge is 0.305 e. The highest BCUT2D eigenvalue weighted by Crippen LogP contribution is 2.09. The van der Waals surface area contributed by atoms with Gasteiger partial charge in [0.05, 0.1) is 6.61 Å². The van der Waals surface area contributed by atoms with Gasteiger partial charge in [-0.05, 0) is 25.8 Å². The van der Waals surface area contributed by atoms with Crippen LogP contribution in [-0.2, 0) is 9.53 Å². The molecule has 114 valence electrons. The van der Waals surface area contributed by atoms with Crippen molar-refractivity contribution in [1.82, 2.24) is 0 Å². The van der Waals surface area contributed by atoms with E-state index in [0.717, 1.165) is 19.3 Å². The summed E-state index contributed by atoms with van der Waals surface area (Å²) in [5.41, 5.74) is 5.37.